The summed E-state index contributed by atoms with van der Waals surface area (Å²) in [7, 11) is -4.17. The van der Waals surface area contributed by atoms with E-state index in [2.05, 4.69) is 5.32 Å². The summed E-state index contributed by atoms with van der Waals surface area (Å²) in [6.45, 7) is 7.07. The van der Waals surface area contributed by atoms with Crippen LogP contribution in [-0.4, -0.2) is 43.8 Å². The van der Waals surface area contributed by atoms with Gasteiger partial charge in [-0.3, -0.25) is 13.9 Å². The molecular weight excluding hydrogens is 569 g/mol. The second kappa shape index (κ2) is 14.0. The van der Waals surface area contributed by atoms with Crippen molar-refractivity contribution in [3.8, 4) is 0 Å². The molecule has 0 heterocycles. The number of anilines is 1. The van der Waals surface area contributed by atoms with Gasteiger partial charge in [0.15, 0.2) is 0 Å². The molecule has 3 aromatic rings. The molecule has 40 heavy (non-hydrogen) atoms. The van der Waals surface area contributed by atoms with Gasteiger partial charge in [-0.25, -0.2) is 8.42 Å². The van der Waals surface area contributed by atoms with Gasteiger partial charge in [0.05, 0.1) is 10.6 Å². The van der Waals surface area contributed by atoms with Crippen LogP contribution in [0.2, 0.25) is 10.0 Å². The van der Waals surface area contributed by atoms with Crippen molar-refractivity contribution in [1.82, 2.24) is 10.2 Å². The molecule has 0 aromatic heterocycles. The van der Waals surface area contributed by atoms with E-state index in [4.69, 9.17) is 23.2 Å². The average molecular weight is 605 g/mol. The summed E-state index contributed by atoms with van der Waals surface area (Å²) in [5.74, 6) is -0.802. The van der Waals surface area contributed by atoms with Crippen molar-refractivity contribution in [3.05, 3.63) is 94.0 Å². The summed E-state index contributed by atoms with van der Waals surface area (Å²) < 4.78 is 29.0. The number of hydrogen-bond donors (Lipinski definition) is 1. The Kier molecular flexibility index (Phi) is 11.0. The molecule has 0 aliphatic heterocycles. The molecule has 214 valence electrons. The van der Waals surface area contributed by atoms with E-state index in [1.807, 2.05) is 20.8 Å². The van der Waals surface area contributed by atoms with Gasteiger partial charge in [0.1, 0.15) is 12.6 Å². The number of rotatable bonds is 12. The topological polar surface area (TPSA) is 86.8 Å². The van der Waals surface area contributed by atoms with Crippen LogP contribution in [0.5, 0.6) is 0 Å². The minimum atomic E-state index is -4.17. The molecule has 3 rings (SSSR count). The number of aryl methyl sites for hydroxylation is 1. The van der Waals surface area contributed by atoms with Crippen molar-refractivity contribution in [2.24, 2.45) is 0 Å². The Hall–Kier alpha value is -3.07. The Morgan fingerprint density at radius 2 is 1.45 bits per heavy atom. The van der Waals surface area contributed by atoms with Crippen molar-refractivity contribution in [2.75, 3.05) is 10.8 Å². The molecular formula is C30H35Cl2N3O4S. The first-order valence-corrected chi connectivity index (χ1v) is 15.4. The molecule has 3 aromatic carbocycles. The van der Waals surface area contributed by atoms with Crippen LogP contribution in [0, 0.1) is 6.92 Å². The highest BCUT2D eigenvalue weighted by molar-refractivity contribution is 7.92. The highest BCUT2D eigenvalue weighted by atomic mass is 35.5. The summed E-state index contributed by atoms with van der Waals surface area (Å²) >= 11 is 12.1. The van der Waals surface area contributed by atoms with Gasteiger partial charge in [-0.1, -0.05) is 67.4 Å². The zero-order valence-corrected chi connectivity index (χ0v) is 25.4. The number of sulfonamides is 1. The van der Waals surface area contributed by atoms with Gasteiger partial charge in [-0.15, -0.1) is 0 Å². The third-order valence-electron chi connectivity index (χ3n) is 6.72. The van der Waals surface area contributed by atoms with Gasteiger partial charge >= 0.3 is 0 Å². The Morgan fingerprint density at radius 1 is 0.875 bits per heavy atom. The summed E-state index contributed by atoms with van der Waals surface area (Å²) in [6.07, 6.45) is 1.07. The Bertz CT molecular complexity index is 1410. The number of amides is 2. The van der Waals surface area contributed by atoms with E-state index in [0.717, 1.165) is 16.3 Å². The van der Waals surface area contributed by atoms with Crippen molar-refractivity contribution < 1.29 is 18.0 Å². The summed E-state index contributed by atoms with van der Waals surface area (Å²) in [4.78, 5) is 28.9. The Labute approximate surface area is 247 Å². The number of nitrogens with one attached hydrogen (secondary N) is 1. The van der Waals surface area contributed by atoms with Crippen molar-refractivity contribution >= 4 is 50.7 Å². The fourth-order valence-corrected chi connectivity index (χ4v) is 5.97. The molecule has 10 heteroatoms. The van der Waals surface area contributed by atoms with Gasteiger partial charge < -0.3 is 10.2 Å². The number of halogens is 2. The molecule has 1 N–H and O–H groups in total. The van der Waals surface area contributed by atoms with Crippen LogP contribution in [0.1, 0.15) is 44.7 Å². The van der Waals surface area contributed by atoms with Crippen LogP contribution < -0.4 is 9.62 Å². The van der Waals surface area contributed by atoms with E-state index < -0.39 is 28.5 Å². The van der Waals surface area contributed by atoms with E-state index in [9.17, 15) is 18.0 Å². The monoisotopic (exact) mass is 603 g/mol. The smallest absolute Gasteiger partial charge is 0.264 e. The first kappa shape index (κ1) is 31.5. The second-order valence-corrected chi connectivity index (χ2v) is 12.4. The molecule has 0 aliphatic carbocycles. The van der Waals surface area contributed by atoms with Crippen molar-refractivity contribution in [2.45, 2.75) is 64.1 Å². The largest absolute Gasteiger partial charge is 0.352 e. The highest BCUT2D eigenvalue weighted by Crippen LogP contribution is 2.28. The van der Waals surface area contributed by atoms with E-state index in [1.54, 1.807) is 55.5 Å². The summed E-state index contributed by atoms with van der Waals surface area (Å²) in [5.41, 5.74) is 1.81. The standard InChI is InChI=1S/C30H35Cl2N3O4S/c1-5-22(4)33-30(37)27(6-2)34(19-23-11-13-24(31)14-12-23)29(36)20-35(28-10-8-7-9-21(28)3)40(38,39)26-17-15-25(32)16-18-26/h7-18,22,27H,5-6,19-20H2,1-4H3,(H,33,37). The lowest BCUT2D eigenvalue weighted by Crippen LogP contribution is -2.53. The van der Waals surface area contributed by atoms with Crippen LogP contribution in [0.4, 0.5) is 5.69 Å². The molecule has 2 atom stereocenters. The average Bonchev–Trinajstić information content (AvgIpc) is 2.93. The molecule has 7 nitrogen and oxygen atoms in total. The number of hydrogen-bond acceptors (Lipinski definition) is 4. The van der Waals surface area contributed by atoms with Crippen LogP contribution in [0.25, 0.3) is 0 Å². The fourth-order valence-electron chi connectivity index (χ4n) is 4.24. The molecule has 0 spiro atoms. The number of carbonyl (C=O) groups excluding carboxylic acids is 2. The third kappa shape index (κ3) is 7.77. The SMILES string of the molecule is CCC(C)NC(=O)C(CC)N(Cc1ccc(Cl)cc1)C(=O)CN(c1ccccc1C)S(=O)(=O)c1ccc(Cl)cc1. The zero-order valence-electron chi connectivity index (χ0n) is 23.1. The van der Waals surface area contributed by atoms with E-state index >= 15 is 0 Å². The minimum Gasteiger partial charge on any atom is -0.352 e. The third-order valence-corrected chi connectivity index (χ3v) is 9.00. The summed E-state index contributed by atoms with van der Waals surface area (Å²) in [6, 6.07) is 18.9. The van der Waals surface area contributed by atoms with Crippen LogP contribution in [0.3, 0.4) is 0 Å². The highest BCUT2D eigenvalue weighted by Gasteiger charge is 2.34. The molecule has 2 unspecified atom stereocenters. The Morgan fingerprint density at radius 3 is 2.00 bits per heavy atom. The predicted octanol–water partition coefficient (Wildman–Crippen LogP) is 6.22. The number of carbonyl (C=O) groups is 2. The van der Waals surface area contributed by atoms with Gasteiger partial charge in [0.2, 0.25) is 11.8 Å². The quantitative estimate of drug-likeness (QED) is 0.266. The lowest BCUT2D eigenvalue weighted by Gasteiger charge is -2.34. The summed E-state index contributed by atoms with van der Waals surface area (Å²) in [5, 5.41) is 3.91. The molecule has 0 saturated carbocycles. The van der Waals surface area contributed by atoms with Crippen LogP contribution in [0.15, 0.2) is 77.7 Å². The van der Waals surface area contributed by atoms with Crippen molar-refractivity contribution in [3.63, 3.8) is 0 Å². The predicted molar refractivity (Wildman–Crippen MR) is 161 cm³/mol. The second-order valence-electron chi connectivity index (χ2n) is 9.64. The molecule has 0 fully saturated rings. The van der Waals surface area contributed by atoms with E-state index in [1.165, 1.54) is 29.2 Å². The van der Waals surface area contributed by atoms with Crippen molar-refractivity contribution in [1.29, 1.82) is 0 Å². The lowest BCUT2D eigenvalue weighted by atomic mass is 10.1. The number of benzene rings is 3. The zero-order chi connectivity index (χ0) is 29.4. The van der Waals surface area contributed by atoms with Gasteiger partial charge in [-0.05, 0) is 80.3 Å². The molecule has 2 amide bonds. The first-order chi connectivity index (χ1) is 19.0. The maximum absolute atomic E-state index is 14.1. The number of para-hydroxylation sites is 1. The molecule has 0 bridgehead atoms. The Balaban J connectivity index is 2.06. The van der Waals surface area contributed by atoms with Crippen LogP contribution in [-0.2, 0) is 26.2 Å². The van der Waals surface area contributed by atoms with Gasteiger partial charge in [0.25, 0.3) is 10.0 Å². The number of nitrogens with zero attached hydrogens (tertiary/aromatic N) is 2. The minimum absolute atomic E-state index is 0.00115. The lowest BCUT2D eigenvalue weighted by molar-refractivity contribution is -0.140. The molecule has 0 aliphatic rings. The normalized spacial score (nSPS) is 12.8. The van der Waals surface area contributed by atoms with E-state index in [0.29, 0.717) is 27.7 Å². The van der Waals surface area contributed by atoms with Crippen LogP contribution >= 0.6 is 23.2 Å². The van der Waals surface area contributed by atoms with Gasteiger partial charge in [0, 0.05) is 22.6 Å². The first-order valence-electron chi connectivity index (χ1n) is 13.2. The molecule has 0 saturated heterocycles. The fraction of sp³-hybridized carbons (Fsp3) is 0.333. The molecule has 0 radical (unpaired) electrons. The maximum Gasteiger partial charge on any atom is 0.264 e. The van der Waals surface area contributed by atoms with Gasteiger partial charge in [-0.2, -0.15) is 0 Å². The maximum atomic E-state index is 14.1. The van der Waals surface area contributed by atoms with E-state index in [-0.39, 0.29) is 23.4 Å².